The molecule has 7 heteroatoms. The van der Waals surface area contributed by atoms with E-state index < -0.39 is 17.9 Å². The van der Waals surface area contributed by atoms with E-state index >= 15 is 0 Å². The van der Waals surface area contributed by atoms with Gasteiger partial charge in [0.25, 0.3) is 0 Å². The molecular formula is C13H16N2O5. The molecule has 1 heterocycles. The molecule has 1 aliphatic heterocycles. The van der Waals surface area contributed by atoms with Crippen molar-refractivity contribution in [3.8, 4) is 11.5 Å². The molecule has 0 bridgehead atoms. The number of benzene rings is 1. The second-order valence-corrected chi connectivity index (χ2v) is 4.91. The number of carbonyl (C=O) groups excluding carboxylic acids is 1. The maximum absolute atomic E-state index is 11.9. The first kappa shape index (κ1) is 14.1. The topological polar surface area (TPSA) is 124 Å². The van der Waals surface area contributed by atoms with Gasteiger partial charge in [-0.2, -0.15) is 0 Å². The summed E-state index contributed by atoms with van der Waals surface area (Å²) < 4.78 is 0. The van der Waals surface area contributed by atoms with Gasteiger partial charge in [0.15, 0.2) is 11.5 Å². The summed E-state index contributed by atoms with van der Waals surface area (Å²) in [4.78, 5) is 24.0. The number of nitrogens with zero attached hydrogens (tertiary/aromatic N) is 1. The Morgan fingerprint density at radius 2 is 1.95 bits per heavy atom. The van der Waals surface area contributed by atoms with Gasteiger partial charge in [-0.25, -0.2) is 0 Å². The van der Waals surface area contributed by atoms with Crippen LogP contribution in [0, 0.1) is 5.92 Å². The van der Waals surface area contributed by atoms with Crippen LogP contribution in [0.5, 0.6) is 11.5 Å². The van der Waals surface area contributed by atoms with E-state index in [1.54, 1.807) is 6.07 Å². The molecule has 108 valence electrons. The first-order valence-electron chi connectivity index (χ1n) is 6.16. The molecule has 1 fully saturated rings. The van der Waals surface area contributed by atoms with Crippen LogP contribution >= 0.6 is 0 Å². The zero-order chi connectivity index (χ0) is 14.9. The number of aliphatic carboxylic acids is 1. The van der Waals surface area contributed by atoms with E-state index in [1.807, 2.05) is 0 Å². The second-order valence-electron chi connectivity index (χ2n) is 4.91. The molecule has 1 atom stereocenters. The number of carboxylic acid groups (broad SMARTS) is 1. The average Bonchev–Trinajstić information content (AvgIpc) is 2.31. The number of aromatic hydroxyl groups is 2. The summed E-state index contributed by atoms with van der Waals surface area (Å²) in [5, 5.41) is 27.3. The van der Waals surface area contributed by atoms with E-state index in [9.17, 15) is 19.8 Å². The predicted molar refractivity (Wildman–Crippen MR) is 69.2 cm³/mol. The third-order valence-electron chi connectivity index (χ3n) is 3.36. The van der Waals surface area contributed by atoms with E-state index in [4.69, 9.17) is 10.8 Å². The lowest BCUT2D eigenvalue weighted by atomic mass is 9.97. The summed E-state index contributed by atoms with van der Waals surface area (Å²) in [5.41, 5.74) is 6.41. The van der Waals surface area contributed by atoms with Crippen molar-refractivity contribution in [2.75, 3.05) is 13.1 Å². The molecule has 20 heavy (non-hydrogen) atoms. The summed E-state index contributed by atoms with van der Waals surface area (Å²) in [6, 6.07) is 3.44. The molecule has 1 amide bonds. The number of phenolic OH excluding ortho intramolecular Hbond substituents is 2. The molecule has 0 aliphatic carbocycles. The van der Waals surface area contributed by atoms with Gasteiger partial charge in [-0.3, -0.25) is 9.59 Å². The van der Waals surface area contributed by atoms with Gasteiger partial charge in [0, 0.05) is 13.1 Å². The summed E-state index contributed by atoms with van der Waals surface area (Å²) in [6.07, 6.45) is 0.209. The molecule has 2 rings (SSSR count). The minimum Gasteiger partial charge on any atom is -0.504 e. The number of nitrogens with two attached hydrogens (primary N) is 1. The Labute approximate surface area is 115 Å². The van der Waals surface area contributed by atoms with Crippen molar-refractivity contribution in [2.45, 2.75) is 12.5 Å². The molecule has 7 nitrogen and oxygen atoms in total. The number of amides is 1. The van der Waals surface area contributed by atoms with Crippen molar-refractivity contribution in [1.82, 2.24) is 4.90 Å². The van der Waals surface area contributed by atoms with Crippen molar-refractivity contribution in [2.24, 2.45) is 11.7 Å². The highest BCUT2D eigenvalue weighted by Gasteiger charge is 2.37. The molecule has 5 N–H and O–H groups in total. The van der Waals surface area contributed by atoms with E-state index in [0.717, 1.165) is 0 Å². The van der Waals surface area contributed by atoms with Gasteiger partial charge in [0.05, 0.1) is 12.0 Å². The SMILES string of the molecule is N[C@@H](Cc1ccc(O)c(O)c1)C(=O)N1CC(C(=O)O)C1. The first-order valence-corrected chi connectivity index (χ1v) is 6.16. The lowest BCUT2D eigenvalue weighted by Crippen LogP contribution is -2.57. The van der Waals surface area contributed by atoms with E-state index in [0.29, 0.717) is 5.56 Å². The Morgan fingerprint density at radius 1 is 1.30 bits per heavy atom. The monoisotopic (exact) mass is 280 g/mol. The Hall–Kier alpha value is -2.28. The van der Waals surface area contributed by atoms with Crippen molar-refractivity contribution in [3.63, 3.8) is 0 Å². The number of carboxylic acids is 1. The van der Waals surface area contributed by atoms with Crippen LogP contribution in [-0.4, -0.2) is 51.2 Å². The van der Waals surface area contributed by atoms with Crippen LogP contribution in [0.2, 0.25) is 0 Å². The normalized spacial score (nSPS) is 16.6. The summed E-state index contributed by atoms with van der Waals surface area (Å²) in [7, 11) is 0. The molecule has 1 saturated heterocycles. The second kappa shape index (κ2) is 5.38. The molecular weight excluding hydrogens is 264 g/mol. The number of hydrogen-bond donors (Lipinski definition) is 4. The van der Waals surface area contributed by atoms with E-state index in [-0.39, 0.29) is 36.9 Å². The van der Waals surface area contributed by atoms with Crippen molar-refractivity contribution in [1.29, 1.82) is 0 Å². The third-order valence-corrected chi connectivity index (χ3v) is 3.36. The summed E-state index contributed by atoms with van der Waals surface area (Å²) in [5.74, 6) is -2.23. The van der Waals surface area contributed by atoms with Gasteiger partial charge in [0.2, 0.25) is 5.91 Å². The largest absolute Gasteiger partial charge is 0.504 e. The predicted octanol–water partition coefficient (Wildman–Crippen LogP) is -0.489. The van der Waals surface area contributed by atoms with Gasteiger partial charge in [-0.05, 0) is 24.1 Å². The molecule has 0 unspecified atom stereocenters. The fourth-order valence-corrected chi connectivity index (χ4v) is 2.09. The average molecular weight is 280 g/mol. The van der Waals surface area contributed by atoms with Crippen LogP contribution in [0.15, 0.2) is 18.2 Å². The number of rotatable bonds is 4. The van der Waals surface area contributed by atoms with E-state index in [1.165, 1.54) is 17.0 Å². The Morgan fingerprint density at radius 3 is 2.50 bits per heavy atom. The van der Waals surface area contributed by atoms with E-state index in [2.05, 4.69) is 0 Å². The van der Waals surface area contributed by atoms with Crippen molar-refractivity contribution >= 4 is 11.9 Å². The molecule has 1 aliphatic rings. The highest BCUT2D eigenvalue weighted by molar-refractivity contribution is 5.85. The van der Waals surface area contributed by atoms with Crippen LogP contribution in [-0.2, 0) is 16.0 Å². The zero-order valence-electron chi connectivity index (χ0n) is 10.7. The standard InChI is InChI=1S/C13H16N2O5/c14-9(3-7-1-2-10(16)11(17)4-7)12(18)15-5-8(6-15)13(19)20/h1-2,4,8-9,16-17H,3,5-6,14H2,(H,19,20)/t9-/m0/s1. The van der Waals surface area contributed by atoms with Crippen LogP contribution in [0.4, 0.5) is 0 Å². The fraction of sp³-hybridized carbons (Fsp3) is 0.385. The molecule has 0 aromatic heterocycles. The lowest BCUT2D eigenvalue weighted by molar-refractivity contribution is -0.153. The van der Waals surface area contributed by atoms with Crippen LogP contribution in [0.25, 0.3) is 0 Å². The maximum atomic E-state index is 11.9. The zero-order valence-corrected chi connectivity index (χ0v) is 10.7. The van der Waals surface area contributed by atoms with Gasteiger partial charge >= 0.3 is 5.97 Å². The number of phenols is 2. The lowest BCUT2D eigenvalue weighted by Gasteiger charge is -2.38. The van der Waals surface area contributed by atoms with Gasteiger partial charge in [0.1, 0.15) is 0 Å². The Bertz CT molecular complexity index is 540. The van der Waals surface area contributed by atoms with Gasteiger partial charge in [-0.1, -0.05) is 6.07 Å². The maximum Gasteiger partial charge on any atom is 0.310 e. The minimum atomic E-state index is -0.911. The third kappa shape index (κ3) is 2.83. The van der Waals surface area contributed by atoms with Crippen LogP contribution < -0.4 is 5.73 Å². The number of likely N-dealkylation sites (tertiary alicyclic amines) is 1. The van der Waals surface area contributed by atoms with Crippen molar-refractivity contribution in [3.05, 3.63) is 23.8 Å². The highest BCUT2D eigenvalue weighted by Crippen LogP contribution is 2.25. The number of carbonyl (C=O) groups is 2. The fourth-order valence-electron chi connectivity index (χ4n) is 2.09. The molecule has 0 saturated carbocycles. The molecule has 0 spiro atoms. The molecule has 1 aromatic rings. The highest BCUT2D eigenvalue weighted by atomic mass is 16.4. The van der Waals surface area contributed by atoms with Crippen LogP contribution in [0.3, 0.4) is 0 Å². The van der Waals surface area contributed by atoms with Crippen LogP contribution in [0.1, 0.15) is 5.56 Å². The quantitative estimate of drug-likeness (QED) is 0.552. The molecule has 1 aromatic carbocycles. The van der Waals surface area contributed by atoms with Gasteiger partial charge < -0.3 is 26.0 Å². The first-order chi connectivity index (χ1) is 9.38. The summed E-state index contributed by atoms with van der Waals surface area (Å²) >= 11 is 0. The Balaban J connectivity index is 1.91. The van der Waals surface area contributed by atoms with Gasteiger partial charge in [-0.15, -0.1) is 0 Å². The number of hydrogen-bond acceptors (Lipinski definition) is 5. The smallest absolute Gasteiger partial charge is 0.310 e. The minimum absolute atomic E-state index is 0.183. The molecule has 0 radical (unpaired) electrons. The summed E-state index contributed by atoms with van der Waals surface area (Å²) in [6.45, 7) is 0.366. The van der Waals surface area contributed by atoms with Crippen molar-refractivity contribution < 1.29 is 24.9 Å². The Kier molecular flexibility index (Phi) is 3.80.